The number of nitrogens with zero attached hydrogens (tertiary/aromatic N) is 5. The molecule has 156 valence electrons. The molecule has 1 aliphatic rings. The van der Waals surface area contributed by atoms with Crippen molar-refractivity contribution in [2.45, 2.75) is 25.8 Å². The van der Waals surface area contributed by atoms with Gasteiger partial charge in [-0.1, -0.05) is 18.2 Å². The number of aliphatic hydroxyl groups is 1. The number of hydrogen-bond acceptors (Lipinski definition) is 6. The maximum Gasteiger partial charge on any atom is 0.311 e. The van der Waals surface area contributed by atoms with Crippen LogP contribution in [-0.2, 0) is 6.54 Å². The van der Waals surface area contributed by atoms with Gasteiger partial charge in [-0.15, -0.1) is 0 Å². The molecule has 1 fully saturated rings. The molecule has 31 heavy (non-hydrogen) atoms. The highest BCUT2D eigenvalue weighted by Gasteiger charge is 2.24. The Bertz CT molecular complexity index is 1220. The van der Waals surface area contributed by atoms with Crippen LogP contribution in [0, 0.1) is 22.7 Å². The van der Waals surface area contributed by atoms with Crippen molar-refractivity contribution in [1.29, 1.82) is 10.5 Å². The van der Waals surface area contributed by atoms with Crippen LogP contribution < -0.4 is 15.3 Å². The molecule has 0 atom stereocenters. The maximum atomic E-state index is 9.92. The van der Waals surface area contributed by atoms with Crippen molar-refractivity contribution in [1.82, 2.24) is 10.1 Å². The third kappa shape index (κ3) is 3.94. The summed E-state index contributed by atoms with van der Waals surface area (Å²) >= 11 is 0. The van der Waals surface area contributed by atoms with E-state index in [0.717, 1.165) is 48.2 Å². The summed E-state index contributed by atoms with van der Waals surface area (Å²) in [7, 11) is 0. The van der Waals surface area contributed by atoms with E-state index >= 15 is 0 Å². The third-order valence-corrected chi connectivity index (χ3v) is 5.56. The number of aromatic amines is 1. The number of nitriles is 2. The lowest BCUT2D eigenvalue weighted by atomic mass is 10.0. The van der Waals surface area contributed by atoms with Gasteiger partial charge in [0, 0.05) is 24.0 Å². The zero-order chi connectivity index (χ0) is 21.8. The predicted octanol–water partition coefficient (Wildman–Crippen LogP) is 2.35. The molecule has 4 rings (SSSR count). The van der Waals surface area contributed by atoms with Crippen LogP contribution in [0.25, 0.3) is 22.6 Å². The van der Waals surface area contributed by atoms with Gasteiger partial charge in [0.05, 0.1) is 17.7 Å². The van der Waals surface area contributed by atoms with Gasteiger partial charge in [-0.05, 0) is 37.5 Å². The summed E-state index contributed by atoms with van der Waals surface area (Å²) < 4.78 is 1.48. The van der Waals surface area contributed by atoms with Gasteiger partial charge in [0.1, 0.15) is 30.2 Å². The number of allylic oxidation sites excluding steroid dienone is 1. The Labute approximate surface area is 180 Å². The number of nitrogen functional groups attached to an aromatic ring is 1. The van der Waals surface area contributed by atoms with E-state index in [1.807, 2.05) is 30.3 Å². The first-order chi connectivity index (χ1) is 15.2. The fraction of sp³-hybridized carbons (Fsp3) is 0.304. The standard InChI is InChI=1S/C23H23N7O/c24-14-18(21-19(15-25)22(26)30(28-21)10-11-31)13-17-12-16-6-2-3-7-20(16)27-23(17)29-8-4-1-5-9-29/h2-3,6-7,12-13,31H,1,4-5,8-11H2,(H2,26,28)/p+1/b18-13+. The molecule has 0 spiro atoms. The van der Waals surface area contributed by atoms with Crippen molar-refractivity contribution in [3.05, 3.63) is 47.2 Å². The molecule has 0 bridgehead atoms. The topological polar surface area (TPSA) is 130 Å². The van der Waals surface area contributed by atoms with Crippen molar-refractivity contribution in [2.24, 2.45) is 0 Å². The van der Waals surface area contributed by atoms with E-state index in [2.05, 4.69) is 22.1 Å². The number of aromatic nitrogens is 3. The fourth-order valence-electron chi connectivity index (χ4n) is 4.00. The number of H-pyrrole nitrogens is 1. The van der Waals surface area contributed by atoms with E-state index in [-0.39, 0.29) is 30.1 Å². The molecular formula is C23H24N7O+. The fourth-order valence-corrected chi connectivity index (χ4v) is 4.00. The number of nitrogens with two attached hydrogens (primary N) is 1. The zero-order valence-corrected chi connectivity index (χ0v) is 17.2. The second kappa shape index (κ2) is 8.86. The predicted molar refractivity (Wildman–Crippen MR) is 118 cm³/mol. The van der Waals surface area contributed by atoms with Crippen LogP contribution in [0.4, 0.5) is 11.6 Å². The Kier molecular flexibility index (Phi) is 5.83. The molecule has 4 N–H and O–H groups in total. The monoisotopic (exact) mass is 414 g/mol. The first-order valence-corrected chi connectivity index (χ1v) is 10.4. The smallest absolute Gasteiger partial charge is 0.311 e. The van der Waals surface area contributed by atoms with Gasteiger partial charge in [-0.2, -0.15) is 15.2 Å². The Morgan fingerprint density at radius 3 is 2.74 bits per heavy atom. The minimum atomic E-state index is -0.140. The Balaban J connectivity index is 1.88. The highest BCUT2D eigenvalue weighted by Crippen LogP contribution is 2.30. The number of hydrogen-bond donors (Lipinski definition) is 3. The number of para-hydroxylation sites is 1. The van der Waals surface area contributed by atoms with E-state index in [0.29, 0.717) is 5.69 Å². The van der Waals surface area contributed by atoms with Gasteiger partial charge in [0.25, 0.3) is 0 Å². The number of aliphatic hydroxyl groups excluding tert-OH is 1. The van der Waals surface area contributed by atoms with Crippen molar-refractivity contribution in [3.8, 4) is 12.1 Å². The number of pyridine rings is 1. The molecule has 8 heteroatoms. The normalized spacial score (nSPS) is 14.4. The first kappa shape index (κ1) is 20.4. The molecule has 0 amide bonds. The molecule has 1 aliphatic heterocycles. The molecule has 0 aliphatic carbocycles. The van der Waals surface area contributed by atoms with E-state index < -0.39 is 0 Å². The third-order valence-electron chi connectivity index (χ3n) is 5.56. The molecule has 1 saturated heterocycles. The summed E-state index contributed by atoms with van der Waals surface area (Å²) in [5, 5.41) is 32.8. The summed E-state index contributed by atoms with van der Waals surface area (Å²) in [5.41, 5.74) is 8.59. The van der Waals surface area contributed by atoms with E-state index in [9.17, 15) is 15.6 Å². The number of benzene rings is 1. The molecule has 0 radical (unpaired) electrons. The molecule has 0 saturated carbocycles. The van der Waals surface area contributed by atoms with E-state index in [1.54, 1.807) is 6.08 Å². The lowest BCUT2D eigenvalue weighted by Crippen LogP contribution is -2.40. The summed E-state index contributed by atoms with van der Waals surface area (Å²) in [6.07, 6.45) is 5.18. The molecule has 8 nitrogen and oxygen atoms in total. The van der Waals surface area contributed by atoms with E-state index in [4.69, 9.17) is 10.7 Å². The van der Waals surface area contributed by atoms with Crippen LogP contribution in [0.5, 0.6) is 0 Å². The van der Waals surface area contributed by atoms with Gasteiger partial charge in [-0.25, -0.2) is 10.1 Å². The average molecular weight is 414 g/mol. The molecule has 1 aromatic carbocycles. The average Bonchev–Trinajstić information content (AvgIpc) is 3.12. The first-order valence-electron chi connectivity index (χ1n) is 10.4. The van der Waals surface area contributed by atoms with Crippen LogP contribution in [0.1, 0.15) is 36.1 Å². The van der Waals surface area contributed by atoms with Crippen LogP contribution in [0.3, 0.4) is 0 Å². The van der Waals surface area contributed by atoms with Crippen molar-refractivity contribution < 1.29 is 9.79 Å². The largest absolute Gasteiger partial charge is 0.392 e. The second-order valence-corrected chi connectivity index (χ2v) is 7.55. The molecule has 2 aromatic heterocycles. The summed E-state index contributed by atoms with van der Waals surface area (Å²) in [5.74, 6) is 1.04. The minimum Gasteiger partial charge on any atom is -0.392 e. The van der Waals surface area contributed by atoms with Crippen LogP contribution in [0.2, 0.25) is 0 Å². The summed E-state index contributed by atoms with van der Waals surface area (Å²) in [4.78, 5) is 7.17. The Morgan fingerprint density at radius 2 is 2.03 bits per heavy atom. The van der Waals surface area contributed by atoms with Crippen LogP contribution in [0.15, 0.2) is 30.3 Å². The minimum absolute atomic E-state index is 0.140. The van der Waals surface area contributed by atoms with E-state index in [1.165, 1.54) is 11.1 Å². The van der Waals surface area contributed by atoms with Crippen LogP contribution >= 0.6 is 0 Å². The highest BCUT2D eigenvalue weighted by atomic mass is 16.3. The molecule has 3 heterocycles. The van der Waals surface area contributed by atoms with Gasteiger partial charge < -0.3 is 10.0 Å². The Morgan fingerprint density at radius 1 is 1.26 bits per heavy atom. The number of rotatable bonds is 5. The summed E-state index contributed by atoms with van der Waals surface area (Å²) in [6, 6.07) is 14.2. The van der Waals surface area contributed by atoms with Crippen molar-refractivity contribution in [2.75, 3.05) is 30.3 Å². The zero-order valence-electron chi connectivity index (χ0n) is 17.2. The lowest BCUT2D eigenvalue weighted by Gasteiger charge is -2.29. The van der Waals surface area contributed by atoms with Gasteiger partial charge in [-0.3, -0.25) is 5.73 Å². The lowest BCUT2D eigenvalue weighted by molar-refractivity contribution is -0.738. The van der Waals surface area contributed by atoms with Crippen molar-refractivity contribution in [3.63, 3.8) is 0 Å². The maximum absolute atomic E-state index is 9.92. The highest BCUT2D eigenvalue weighted by molar-refractivity contribution is 5.95. The van der Waals surface area contributed by atoms with Crippen molar-refractivity contribution >= 4 is 34.2 Å². The molecule has 0 unspecified atom stereocenters. The van der Waals surface area contributed by atoms with Crippen LogP contribution in [-0.4, -0.2) is 34.9 Å². The Hall–Kier alpha value is -3.88. The molecule has 3 aromatic rings. The number of anilines is 2. The summed E-state index contributed by atoms with van der Waals surface area (Å²) in [6.45, 7) is 1.90. The quantitative estimate of drug-likeness (QED) is 0.434. The van der Waals surface area contributed by atoms with Gasteiger partial charge in [0.2, 0.25) is 0 Å². The van der Waals surface area contributed by atoms with Gasteiger partial charge >= 0.3 is 5.82 Å². The number of fused-ring (bicyclic) bond motifs is 1. The number of nitrogens with one attached hydrogen (secondary N) is 1. The van der Waals surface area contributed by atoms with Gasteiger partial charge in [0.15, 0.2) is 5.56 Å². The number of piperidine rings is 1. The SMILES string of the molecule is N#C/C(=C\c1cc2ccccc2nc1N1CCCCC1)c1[nH][n+](CCO)c(N)c1C#N. The second-order valence-electron chi connectivity index (χ2n) is 7.55. The molecular weight excluding hydrogens is 390 g/mol.